The highest BCUT2D eigenvalue weighted by Gasteiger charge is 2.14. The predicted octanol–water partition coefficient (Wildman–Crippen LogP) is 2.95. The Bertz CT molecular complexity index is 638. The van der Waals surface area contributed by atoms with Gasteiger partial charge in [-0.15, -0.1) is 0 Å². The van der Waals surface area contributed by atoms with Crippen molar-refractivity contribution in [3.63, 3.8) is 0 Å². The molecule has 2 rings (SSSR count). The summed E-state index contributed by atoms with van der Waals surface area (Å²) in [5, 5.41) is 18.2. The third kappa shape index (κ3) is 3.61. The van der Waals surface area contributed by atoms with Crippen LogP contribution >= 0.6 is 11.8 Å². The highest BCUT2D eigenvalue weighted by molar-refractivity contribution is 8.13. The van der Waals surface area contributed by atoms with Crippen molar-refractivity contribution in [3.8, 4) is 5.75 Å². The number of carbonyl (C=O) groups is 2. The lowest BCUT2D eigenvalue weighted by atomic mass is 10.0. The van der Waals surface area contributed by atoms with E-state index < -0.39 is 5.97 Å². The Kier molecular flexibility index (Phi) is 4.42. The van der Waals surface area contributed by atoms with Gasteiger partial charge in [0.25, 0.3) is 0 Å². The van der Waals surface area contributed by atoms with Crippen molar-refractivity contribution in [2.24, 2.45) is 0 Å². The first-order valence-corrected chi connectivity index (χ1v) is 6.69. The highest BCUT2D eigenvalue weighted by Crippen LogP contribution is 2.23. The molecule has 0 aliphatic rings. The number of hydrogen-bond donors (Lipinski definition) is 2. The molecule has 0 heterocycles. The Balaban J connectivity index is 2.14. The number of carboxylic acids is 1. The Hall–Kier alpha value is -2.27. The van der Waals surface area contributed by atoms with Crippen molar-refractivity contribution in [2.45, 2.75) is 11.3 Å². The maximum absolute atomic E-state index is 11.9. The van der Waals surface area contributed by atoms with Crippen molar-refractivity contribution >= 4 is 22.8 Å². The van der Waals surface area contributed by atoms with Crippen LogP contribution < -0.4 is 0 Å². The number of benzene rings is 2. The molecular formula is C15H12O4S. The summed E-state index contributed by atoms with van der Waals surface area (Å²) in [5.41, 5.74) is 0.343. The molecule has 0 unspecified atom stereocenters. The first-order chi connectivity index (χ1) is 9.56. The zero-order valence-corrected chi connectivity index (χ0v) is 11.3. The standard InChI is InChI=1S/C15H12O4S/c16-11-7-6-10(13(9-11)15(18)19)8-14(17)20-12-4-2-1-3-5-12/h1-7,9,16H,8H2,(H,18,19). The number of hydrogen-bond acceptors (Lipinski definition) is 4. The van der Waals surface area contributed by atoms with Crippen LogP contribution in [0.25, 0.3) is 0 Å². The fourth-order valence-electron chi connectivity index (χ4n) is 1.73. The van der Waals surface area contributed by atoms with E-state index >= 15 is 0 Å². The average molecular weight is 288 g/mol. The van der Waals surface area contributed by atoms with Gasteiger partial charge in [0.2, 0.25) is 0 Å². The molecule has 102 valence electrons. The minimum atomic E-state index is -1.16. The van der Waals surface area contributed by atoms with E-state index in [1.54, 1.807) is 0 Å². The summed E-state index contributed by atoms with van der Waals surface area (Å²) in [4.78, 5) is 23.8. The molecule has 20 heavy (non-hydrogen) atoms. The predicted molar refractivity (Wildman–Crippen MR) is 76.1 cm³/mol. The normalized spacial score (nSPS) is 10.2. The lowest BCUT2D eigenvalue weighted by molar-refractivity contribution is -0.110. The molecule has 0 amide bonds. The fourth-order valence-corrected chi connectivity index (χ4v) is 2.51. The number of phenolic OH excluding ortho intramolecular Hbond substituents is 1. The Morgan fingerprint density at radius 3 is 2.40 bits per heavy atom. The number of carboxylic acid groups (broad SMARTS) is 1. The first kappa shape index (κ1) is 14.1. The number of rotatable bonds is 4. The van der Waals surface area contributed by atoms with Gasteiger partial charge >= 0.3 is 5.97 Å². The second-order valence-electron chi connectivity index (χ2n) is 4.11. The van der Waals surface area contributed by atoms with Crippen LogP contribution in [0.5, 0.6) is 5.75 Å². The molecule has 5 heteroatoms. The summed E-state index contributed by atoms with van der Waals surface area (Å²) in [7, 11) is 0. The minimum Gasteiger partial charge on any atom is -0.508 e. The summed E-state index contributed by atoms with van der Waals surface area (Å²) in [6, 6.07) is 13.1. The zero-order valence-electron chi connectivity index (χ0n) is 10.4. The molecule has 2 aromatic rings. The monoisotopic (exact) mass is 288 g/mol. The molecule has 0 spiro atoms. The van der Waals surface area contributed by atoms with Gasteiger partial charge in [0, 0.05) is 11.3 Å². The van der Waals surface area contributed by atoms with Gasteiger partial charge in [-0.2, -0.15) is 0 Å². The first-order valence-electron chi connectivity index (χ1n) is 5.87. The van der Waals surface area contributed by atoms with Crippen molar-refractivity contribution in [1.82, 2.24) is 0 Å². The number of aromatic hydroxyl groups is 1. The van der Waals surface area contributed by atoms with Crippen LogP contribution in [0, 0.1) is 0 Å². The largest absolute Gasteiger partial charge is 0.508 e. The molecule has 0 aliphatic heterocycles. The van der Waals surface area contributed by atoms with Crippen molar-refractivity contribution in [3.05, 3.63) is 59.7 Å². The van der Waals surface area contributed by atoms with Gasteiger partial charge < -0.3 is 10.2 Å². The number of aromatic carboxylic acids is 1. The van der Waals surface area contributed by atoms with E-state index in [0.29, 0.717) is 5.56 Å². The molecule has 0 radical (unpaired) electrons. The molecule has 0 aromatic heterocycles. The van der Waals surface area contributed by atoms with Crippen LogP contribution in [0.3, 0.4) is 0 Å². The van der Waals surface area contributed by atoms with Crippen LogP contribution in [0.15, 0.2) is 53.4 Å². The molecule has 0 saturated carbocycles. The Morgan fingerprint density at radius 2 is 1.75 bits per heavy atom. The molecule has 0 aliphatic carbocycles. The molecule has 2 aromatic carbocycles. The smallest absolute Gasteiger partial charge is 0.336 e. The second kappa shape index (κ2) is 6.25. The van der Waals surface area contributed by atoms with E-state index in [-0.39, 0.29) is 22.8 Å². The highest BCUT2D eigenvalue weighted by atomic mass is 32.2. The molecule has 0 fully saturated rings. The van der Waals surface area contributed by atoms with E-state index in [0.717, 1.165) is 22.7 Å². The number of carbonyl (C=O) groups excluding carboxylic acids is 1. The molecule has 0 saturated heterocycles. The minimum absolute atomic E-state index is 0.00146. The quantitative estimate of drug-likeness (QED) is 0.846. The second-order valence-corrected chi connectivity index (χ2v) is 5.24. The van der Waals surface area contributed by atoms with Gasteiger partial charge in [-0.3, -0.25) is 4.79 Å². The van der Waals surface area contributed by atoms with Gasteiger partial charge in [0.1, 0.15) is 5.75 Å². The fraction of sp³-hybridized carbons (Fsp3) is 0.0667. The third-order valence-corrected chi connectivity index (χ3v) is 3.51. The molecule has 4 nitrogen and oxygen atoms in total. The summed E-state index contributed by atoms with van der Waals surface area (Å²) in [5.74, 6) is -1.29. The number of phenols is 1. The lowest BCUT2D eigenvalue weighted by Crippen LogP contribution is -2.06. The van der Waals surface area contributed by atoms with E-state index in [1.165, 1.54) is 12.1 Å². The third-order valence-electron chi connectivity index (χ3n) is 2.63. The summed E-state index contributed by atoms with van der Waals surface area (Å²) < 4.78 is 0. The van der Waals surface area contributed by atoms with E-state index in [1.807, 2.05) is 30.3 Å². The maximum Gasteiger partial charge on any atom is 0.336 e. The zero-order chi connectivity index (χ0) is 14.5. The SMILES string of the molecule is O=C(Cc1ccc(O)cc1C(=O)O)Sc1ccccc1. The van der Waals surface area contributed by atoms with Crippen molar-refractivity contribution in [2.75, 3.05) is 0 Å². The Labute approximate surface area is 120 Å². The van der Waals surface area contributed by atoms with Gasteiger partial charge in [0.15, 0.2) is 5.12 Å². The summed E-state index contributed by atoms with van der Waals surface area (Å²) in [6.07, 6.45) is 0.00146. The van der Waals surface area contributed by atoms with Crippen LogP contribution in [0.2, 0.25) is 0 Å². The summed E-state index contributed by atoms with van der Waals surface area (Å²) in [6.45, 7) is 0. The molecular weight excluding hydrogens is 276 g/mol. The van der Waals surface area contributed by atoms with Crippen LogP contribution in [-0.2, 0) is 11.2 Å². The van der Waals surface area contributed by atoms with Gasteiger partial charge in [-0.1, -0.05) is 36.0 Å². The van der Waals surface area contributed by atoms with Crippen LogP contribution in [-0.4, -0.2) is 21.3 Å². The van der Waals surface area contributed by atoms with E-state index in [4.69, 9.17) is 5.11 Å². The topological polar surface area (TPSA) is 74.6 Å². The van der Waals surface area contributed by atoms with E-state index in [2.05, 4.69) is 0 Å². The number of thioether (sulfide) groups is 1. The van der Waals surface area contributed by atoms with Gasteiger partial charge in [-0.25, -0.2) is 4.79 Å². The van der Waals surface area contributed by atoms with E-state index in [9.17, 15) is 14.7 Å². The molecule has 0 bridgehead atoms. The van der Waals surface area contributed by atoms with Crippen molar-refractivity contribution < 1.29 is 19.8 Å². The van der Waals surface area contributed by atoms with Gasteiger partial charge in [0.05, 0.1) is 5.56 Å². The molecule has 0 atom stereocenters. The summed E-state index contributed by atoms with van der Waals surface area (Å²) >= 11 is 1.07. The lowest BCUT2D eigenvalue weighted by Gasteiger charge is -2.06. The molecule has 2 N–H and O–H groups in total. The average Bonchev–Trinajstić information content (AvgIpc) is 2.41. The van der Waals surface area contributed by atoms with Crippen LogP contribution in [0.4, 0.5) is 0 Å². The Morgan fingerprint density at radius 1 is 1.05 bits per heavy atom. The van der Waals surface area contributed by atoms with Crippen molar-refractivity contribution in [1.29, 1.82) is 0 Å². The van der Waals surface area contributed by atoms with Gasteiger partial charge in [-0.05, 0) is 29.8 Å². The maximum atomic E-state index is 11.9. The van der Waals surface area contributed by atoms with Crippen LogP contribution in [0.1, 0.15) is 15.9 Å².